The van der Waals surface area contributed by atoms with E-state index < -0.39 is 0 Å². The smallest absolute Gasteiger partial charge is 0.132 e. The molecule has 48 heavy (non-hydrogen) atoms. The lowest BCUT2D eigenvalue weighted by molar-refractivity contribution is 0.0781. The summed E-state index contributed by atoms with van der Waals surface area (Å²) in [5.74, 6) is 0.402. The van der Waals surface area contributed by atoms with Crippen molar-refractivity contribution in [3.63, 3.8) is 0 Å². The molecule has 2 heterocycles. The zero-order chi connectivity index (χ0) is 33.9. The highest BCUT2D eigenvalue weighted by molar-refractivity contribution is 5.84. The van der Waals surface area contributed by atoms with Crippen molar-refractivity contribution < 1.29 is 28.5 Å². The van der Waals surface area contributed by atoms with Crippen LogP contribution in [0.4, 0.5) is 8.78 Å². The van der Waals surface area contributed by atoms with Gasteiger partial charge >= 0.3 is 0 Å². The number of ether oxygens (including phenoxy) is 2. The molecule has 0 radical (unpaired) electrons. The predicted octanol–water partition coefficient (Wildman–Crippen LogP) is 7.51. The molecule has 4 aromatic carbocycles. The van der Waals surface area contributed by atoms with Gasteiger partial charge in [-0.25, -0.2) is 8.78 Å². The van der Waals surface area contributed by atoms with E-state index in [-0.39, 0.29) is 23.8 Å². The molecule has 0 atom stereocenters. The molecular formula is C40H46F2N2O4. The third kappa shape index (κ3) is 7.13. The van der Waals surface area contributed by atoms with Crippen LogP contribution in [0, 0.1) is 25.5 Å². The molecule has 2 fully saturated rings. The lowest BCUT2D eigenvalue weighted by Gasteiger charge is -2.30. The highest BCUT2D eigenvalue weighted by Gasteiger charge is 2.24. The van der Waals surface area contributed by atoms with Crippen molar-refractivity contribution in [3.8, 4) is 44.9 Å². The van der Waals surface area contributed by atoms with E-state index in [2.05, 4.69) is 21.9 Å². The molecule has 8 heteroatoms. The molecule has 4 aromatic rings. The van der Waals surface area contributed by atoms with Crippen molar-refractivity contribution in [2.75, 3.05) is 40.4 Å². The van der Waals surface area contributed by atoms with Crippen LogP contribution >= 0.6 is 0 Å². The van der Waals surface area contributed by atoms with E-state index in [4.69, 9.17) is 9.47 Å². The van der Waals surface area contributed by atoms with E-state index in [0.717, 1.165) is 70.7 Å². The van der Waals surface area contributed by atoms with Crippen molar-refractivity contribution in [2.45, 2.75) is 64.8 Å². The quantitative estimate of drug-likeness (QED) is 0.195. The number of aliphatic hydroxyl groups excluding tert-OH is 2. The molecule has 0 amide bonds. The maximum absolute atomic E-state index is 15.7. The standard InChI is InChI=1S/C40H46F2N2O4/c1-25-31(27-19-37(41)35(39(21-27)47-3)23-43-15-11-29(45)12-16-43)7-5-9-33(25)34-10-6-8-32(26(34)2)28-20-38(42)36(40(22-28)48-4)24-44-17-13-30(46)14-18-44/h5-10,19-22,29-30,45-46H,11-18,23-24H2,1-4H3. The number of hydrogen-bond acceptors (Lipinski definition) is 6. The van der Waals surface area contributed by atoms with Gasteiger partial charge in [-0.1, -0.05) is 36.4 Å². The highest BCUT2D eigenvalue weighted by atomic mass is 19.1. The average molecular weight is 657 g/mol. The molecule has 6 nitrogen and oxygen atoms in total. The van der Waals surface area contributed by atoms with Gasteiger partial charge in [-0.3, -0.25) is 9.80 Å². The van der Waals surface area contributed by atoms with E-state index in [1.807, 2.05) is 50.2 Å². The summed E-state index contributed by atoms with van der Waals surface area (Å²) >= 11 is 0. The third-order valence-electron chi connectivity index (χ3n) is 10.2. The van der Waals surface area contributed by atoms with Gasteiger partial charge in [-0.15, -0.1) is 0 Å². The average Bonchev–Trinajstić information content (AvgIpc) is 3.08. The number of benzene rings is 4. The Balaban J connectivity index is 1.31. The molecule has 2 aliphatic heterocycles. The molecule has 0 aromatic heterocycles. The van der Waals surface area contributed by atoms with Gasteiger partial charge < -0.3 is 19.7 Å². The molecule has 0 saturated carbocycles. The maximum atomic E-state index is 15.7. The van der Waals surface area contributed by atoms with Gasteiger partial charge in [0.1, 0.15) is 23.1 Å². The Bertz CT molecular complexity index is 1630. The van der Waals surface area contributed by atoms with Crippen LogP contribution in [0.3, 0.4) is 0 Å². The third-order valence-corrected chi connectivity index (χ3v) is 10.2. The summed E-state index contributed by atoms with van der Waals surface area (Å²) in [5, 5.41) is 19.8. The second-order valence-electron chi connectivity index (χ2n) is 13.2. The van der Waals surface area contributed by atoms with Gasteiger partial charge in [-0.2, -0.15) is 0 Å². The fourth-order valence-corrected chi connectivity index (χ4v) is 7.29. The van der Waals surface area contributed by atoms with E-state index in [0.29, 0.717) is 61.4 Å². The topological polar surface area (TPSA) is 65.4 Å². The zero-order valence-corrected chi connectivity index (χ0v) is 28.4. The molecule has 0 spiro atoms. The van der Waals surface area contributed by atoms with Gasteiger partial charge in [0, 0.05) is 50.4 Å². The van der Waals surface area contributed by atoms with Crippen LogP contribution < -0.4 is 9.47 Å². The number of rotatable bonds is 9. The van der Waals surface area contributed by atoms with Crippen LogP contribution in [-0.4, -0.2) is 72.6 Å². The van der Waals surface area contributed by atoms with Crippen molar-refractivity contribution in [1.29, 1.82) is 0 Å². The number of piperidine rings is 2. The lowest BCUT2D eigenvalue weighted by Crippen LogP contribution is -2.35. The van der Waals surface area contributed by atoms with E-state index in [1.165, 1.54) is 0 Å². The first-order valence-electron chi connectivity index (χ1n) is 16.9. The Morgan fingerprint density at radius 2 is 0.958 bits per heavy atom. The first-order chi connectivity index (χ1) is 23.2. The fraction of sp³-hybridized carbons (Fsp3) is 0.400. The monoisotopic (exact) mass is 656 g/mol. The minimum atomic E-state index is -0.309. The van der Waals surface area contributed by atoms with Crippen LogP contribution in [0.15, 0.2) is 60.7 Å². The minimum absolute atomic E-state index is 0.286. The maximum Gasteiger partial charge on any atom is 0.132 e. The van der Waals surface area contributed by atoms with Crippen molar-refractivity contribution in [3.05, 3.63) is 94.6 Å². The van der Waals surface area contributed by atoms with Crippen molar-refractivity contribution in [2.24, 2.45) is 0 Å². The molecule has 6 rings (SSSR count). The van der Waals surface area contributed by atoms with Gasteiger partial charge in [-0.05, 0) is 108 Å². The minimum Gasteiger partial charge on any atom is -0.496 e. The van der Waals surface area contributed by atoms with Crippen molar-refractivity contribution in [1.82, 2.24) is 9.80 Å². The lowest BCUT2D eigenvalue weighted by atomic mass is 9.87. The van der Waals surface area contributed by atoms with Gasteiger partial charge in [0.05, 0.1) is 26.4 Å². The molecule has 2 saturated heterocycles. The van der Waals surface area contributed by atoms with Crippen LogP contribution in [0.2, 0.25) is 0 Å². The number of likely N-dealkylation sites (tertiary alicyclic amines) is 2. The van der Waals surface area contributed by atoms with Crippen LogP contribution in [0.25, 0.3) is 33.4 Å². The molecule has 254 valence electrons. The zero-order valence-electron chi connectivity index (χ0n) is 28.4. The molecule has 0 unspecified atom stereocenters. The molecular weight excluding hydrogens is 610 g/mol. The van der Waals surface area contributed by atoms with E-state index in [1.54, 1.807) is 26.4 Å². The van der Waals surface area contributed by atoms with Crippen LogP contribution in [-0.2, 0) is 13.1 Å². The number of hydrogen-bond donors (Lipinski definition) is 2. The molecule has 2 aliphatic rings. The largest absolute Gasteiger partial charge is 0.496 e. The SMILES string of the molecule is COc1cc(-c2cccc(-c3cccc(-c4cc(F)c(CN5CCC(O)CC5)c(OC)c4)c3C)c2C)cc(F)c1CN1CCC(O)CC1. The van der Waals surface area contributed by atoms with Crippen molar-refractivity contribution >= 4 is 0 Å². The number of methoxy groups -OCH3 is 2. The molecule has 0 bridgehead atoms. The summed E-state index contributed by atoms with van der Waals surface area (Å²) < 4.78 is 42.9. The second kappa shape index (κ2) is 14.7. The van der Waals surface area contributed by atoms with E-state index in [9.17, 15) is 10.2 Å². The van der Waals surface area contributed by atoms with Crippen LogP contribution in [0.1, 0.15) is 47.9 Å². The molecule has 2 N–H and O–H groups in total. The molecule has 0 aliphatic carbocycles. The summed E-state index contributed by atoms with van der Waals surface area (Å²) in [7, 11) is 3.15. The normalized spacial score (nSPS) is 16.8. The number of halogens is 2. The Morgan fingerprint density at radius 3 is 1.31 bits per heavy atom. The van der Waals surface area contributed by atoms with Crippen LogP contribution in [0.5, 0.6) is 11.5 Å². The van der Waals surface area contributed by atoms with E-state index >= 15 is 8.78 Å². The fourth-order valence-electron chi connectivity index (χ4n) is 7.29. The summed E-state index contributed by atoms with van der Waals surface area (Å²) in [6.07, 6.45) is 2.18. The van der Waals surface area contributed by atoms with Gasteiger partial charge in [0.15, 0.2) is 0 Å². The Morgan fingerprint density at radius 1 is 0.604 bits per heavy atom. The Kier molecular flexibility index (Phi) is 10.5. The number of nitrogens with zero attached hydrogens (tertiary/aromatic N) is 2. The Labute approximate surface area is 282 Å². The summed E-state index contributed by atoms with van der Waals surface area (Å²) in [6, 6.07) is 19.1. The highest BCUT2D eigenvalue weighted by Crippen LogP contribution is 2.40. The number of aliphatic hydroxyl groups is 2. The predicted molar refractivity (Wildman–Crippen MR) is 186 cm³/mol. The van der Waals surface area contributed by atoms with Gasteiger partial charge in [0.25, 0.3) is 0 Å². The first-order valence-corrected chi connectivity index (χ1v) is 16.9. The first kappa shape index (κ1) is 34.1. The Hall–Kier alpha value is -3.82. The summed E-state index contributed by atoms with van der Waals surface area (Å²) in [4.78, 5) is 4.31. The summed E-state index contributed by atoms with van der Waals surface area (Å²) in [5.41, 5.74) is 8.37. The van der Waals surface area contributed by atoms with Gasteiger partial charge in [0.2, 0.25) is 0 Å². The second-order valence-corrected chi connectivity index (χ2v) is 13.2. The summed E-state index contributed by atoms with van der Waals surface area (Å²) in [6.45, 7) is 7.84.